The Morgan fingerprint density at radius 2 is 0.943 bits per heavy atom. The summed E-state index contributed by atoms with van der Waals surface area (Å²) in [5.74, 6) is -0.894. The van der Waals surface area contributed by atoms with Gasteiger partial charge in [0, 0.05) is 0 Å². The smallest absolute Gasteiger partial charge is 0.315 e. The fourth-order valence-corrected chi connectivity index (χ4v) is 20.4. The number of carbonyl (C=O) groups excluding carboxylic acids is 1. The number of carbonyl (C=O) groups is 1. The van der Waals surface area contributed by atoms with E-state index in [1.807, 2.05) is 0 Å². The Morgan fingerprint density at radius 1 is 0.443 bits per heavy atom. The number of aliphatic hydroxyl groups excluding tert-OH is 20. The normalized spacial score (nSPS) is 54.6. The van der Waals surface area contributed by atoms with Crippen LogP contribution in [0, 0.1) is 50.2 Å². The first-order chi connectivity index (χ1) is 49.7. The Balaban J connectivity index is 0.744. The van der Waals surface area contributed by atoms with Crippen LogP contribution < -0.4 is 0 Å². The first-order valence-electron chi connectivity index (χ1n) is 37.5. The van der Waals surface area contributed by atoms with E-state index in [0.29, 0.717) is 51.4 Å². The van der Waals surface area contributed by atoms with Gasteiger partial charge in [0.05, 0.1) is 56.8 Å². The molecule has 106 heavy (non-hydrogen) atoms. The maximum atomic E-state index is 15.4. The predicted octanol–water partition coefficient (Wildman–Crippen LogP) is -5.87. The van der Waals surface area contributed by atoms with Crippen LogP contribution in [0.25, 0.3) is 0 Å². The zero-order chi connectivity index (χ0) is 77.3. The molecule has 12 rings (SSSR count). The monoisotopic (exact) mass is 1530 g/mol. The van der Waals surface area contributed by atoms with Crippen molar-refractivity contribution in [3.63, 3.8) is 0 Å². The van der Waals surface area contributed by atoms with Gasteiger partial charge in [0.15, 0.2) is 37.7 Å². The Kier molecular flexibility index (Phi) is 24.8. The molecule has 35 heteroatoms. The van der Waals surface area contributed by atoms with Gasteiger partial charge >= 0.3 is 5.97 Å². The number of rotatable bonds is 18. The molecule has 0 aromatic rings. The molecule has 42 unspecified atom stereocenters. The molecular weight excluding hydrogens is 1410 g/mol. The maximum absolute atomic E-state index is 15.4. The topological polar surface area (TPSA) is 551 Å². The number of ether oxygens (including phenoxy) is 14. The summed E-state index contributed by atoms with van der Waals surface area (Å²) in [7, 11) is 0. The molecule has 610 valence electrons. The van der Waals surface area contributed by atoms with Crippen molar-refractivity contribution >= 4 is 5.97 Å². The van der Waals surface area contributed by atoms with E-state index >= 15 is 4.79 Å². The van der Waals surface area contributed by atoms with Gasteiger partial charge in [0.2, 0.25) is 6.29 Å². The fourth-order valence-electron chi connectivity index (χ4n) is 20.4. The molecule has 7 aliphatic heterocycles. The summed E-state index contributed by atoms with van der Waals surface area (Å²) in [5, 5.41) is 218. The van der Waals surface area contributed by atoms with E-state index in [0.717, 1.165) is 18.4 Å². The van der Waals surface area contributed by atoms with Crippen LogP contribution in [0.15, 0.2) is 11.6 Å². The molecule has 0 radical (unpaired) electrons. The standard InChI is InChI=1S/C71H116O35/c1-26-38(75)44(81)49(86)59(95-26)103-55-32(23-74)99-58(53(90)48(55)85)93-24-33-42(79)47(84)52(89)62(100-33)106-65(92)71-18-16-66(3,4)20-29(71)28-10-11-36-68(7)14-13-37(67(5,6)35(68)12-15-70(36,9)69(28,8)17-19-71)102-64-57(43(80)34(25-94-64)101-60-50(87)45(82)40(77)30(21-72)97-60)105-63-54(91)56(39(76)27(2)96-63)104-61-51(88)46(83)41(78)31(22-73)98-61/h10,26-27,29-64,72-91H,11-25H2,1-9H3. The molecule has 0 aromatic heterocycles. The van der Waals surface area contributed by atoms with Crippen LogP contribution >= 0.6 is 0 Å². The maximum Gasteiger partial charge on any atom is 0.315 e. The minimum atomic E-state index is -1.96. The van der Waals surface area contributed by atoms with Gasteiger partial charge in [-0.25, -0.2) is 0 Å². The summed E-state index contributed by atoms with van der Waals surface area (Å²) in [6.07, 6.45) is -49.6. The van der Waals surface area contributed by atoms with Gasteiger partial charge in [-0.3, -0.25) is 4.79 Å². The second-order valence-corrected chi connectivity index (χ2v) is 34.3. The lowest BCUT2D eigenvalue weighted by Gasteiger charge is -2.71. The van der Waals surface area contributed by atoms with Gasteiger partial charge in [-0.05, 0) is 123 Å². The average molecular weight is 1530 g/mol. The molecule has 42 atom stereocenters. The molecule has 7 saturated heterocycles. The van der Waals surface area contributed by atoms with E-state index in [9.17, 15) is 102 Å². The summed E-state index contributed by atoms with van der Waals surface area (Å²) in [4.78, 5) is 15.4. The number of allylic oxidation sites excluding steroid dienone is 2. The highest BCUT2D eigenvalue weighted by Gasteiger charge is 2.71. The van der Waals surface area contributed by atoms with Gasteiger partial charge in [0.1, 0.15) is 153 Å². The summed E-state index contributed by atoms with van der Waals surface area (Å²) < 4.78 is 84.2. The van der Waals surface area contributed by atoms with Gasteiger partial charge in [0.25, 0.3) is 0 Å². The summed E-state index contributed by atoms with van der Waals surface area (Å²) in [6.45, 7) is 14.9. The Bertz CT molecular complexity index is 3000. The Hall–Kier alpha value is -2.11. The van der Waals surface area contributed by atoms with Gasteiger partial charge in [-0.15, -0.1) is 0 Å². The van der Waals surface area contributed by atoms with Crippen molar-refractivity contribution in [2.45, 2.75) is 341 Å². The van der Waals surface area contributed by atoms with Crippen molar-refractivity contribution in [1.29, 1.82) is 0 Å². The second kappa shape index (κ2) is 31.6. The first-order valence-corrected chi connectivity index (χ1v) is 37.5. The van der Waals surface area contributed by atoms with E-state index in [2.05, 4.69) is 54.5 Å². The Labute approximate surface area is 613 Å². The fraction of sp³-hybridized carbons (Fsp3) is 0.958. The third-order valence-corrected chi connectivity index (χ3v) is 27.3. The van der Waals surface area contributed by atoms with E-state index in [-0.39, 0.29) is 34.0 Å². The van der Waals surface area contributed by atoms with E-state index in [1.165, 1.54) is 13.8 Å². The largest absolute Gasteiger partial charge is 0.432 e. The number of hydrogen-bond acceptors (Lipinski definition) is 35. The molecule has 0 bridgehead atoms. The zero-order valence-electron chi connectivity index (χ0n) is 61.2. The molecule has 0 spiro atoms. The van der Waals surface area contributed by atoms with Gasteiger partial charge in [-0.2, -0.15) is 0 Å². The van der Waals surface area contributed by atoms with Crippen LogP contribution in [0.2, 0.25) is 0 Å². The lowest BCUT2D eigenvalue weighted by atomic mass is 9.33. The molecule has 5 aliphatic carbocycles. The van der Waals surface area contributed by atoms with Crippen molar-refractivity contribution < 1.29 is 173 Å². The predicted molar refractivity (Wildman–Crippen MR) is 352 cm³/mol. The lowest BCUT2D eigenvalue weighted by molar-refractivity contribution is -0.391. The molecular formula is C71H116O35. The minimum Gasteiger partial charge on any atom is -0.432 e. The van der Waals surface area contributed by atoms with Crippen LogP contribution in [0.4, 0.5) is 0 Å². The number of aliphatic hydroxyl groups is 20. The quantitative estimate of drug-likeness (QED) is 0.0345. The van der Waals surface area contributed by atoms with Crippen molar-refractivity contribution in [3.05, 3.63) is 11.6 Å². The van der Waals surface area contributed by atoms with Crippen molar-refractivity contribution in [2.24, 2.45) is 50.2 Å². The molecule has 11 fully saturated rings. The van der Waals surface area contributed by atoms with Crippen molar-refractivity contribution in [3.8, 4) is 0 Å². The highest BCUT2D eigenvalue weighted by molar-refractivity contribution is 5.79. The average Bonchev–Trinajstić information content (AvgIpc) is 0.674. The molecule has 12 aliphatic rings. The van der Waals surface area contributed by atoms with Crippen LogP contribution in [0.3, 0.4) is 0 Å². The second-order valence-electron chi connectivity index (χ2n) is 34.3. The zero-order valence-corrected chi connectivity index (χ0v) is 61.2. The molecule has 0 amide bonds. The number of hydrogen-bond donors (Lipinski definition) is 20. The molecule has 7 heterocycles. The molecule has 35 nitrogen and oxygen atoms in total. The third-order valence-electron chi connectivity index (χ3n) is 27.3. The van der Waals surface area contributed by atoms with Crippen LogP contribution in [-0.4, -0.2) is 356 Å². The highest BCUT2D eigenvalue weighted by atomic mass is 16.8. The highest BCUT2D eigenvalue weighted by Crippen LogP contribution is 2.76. The van der Waals surface area contributed by atoms with Crippen LogP contribution in [-0.2, 0) is 71.1 Å². The third kappa shape index (κ3) is 14.6. The van der Waals surface area contributed by atoms with Crippen molar-refractivity contribution in [1.82, 2.24) is 0 Å². The van der Waals surface area contributed by atoms with E-state index in [1.54, 1.807) is 0 Å². The molecule has 4 saturated carbocycles. The van der Waals surface area contributed by atoms with E-state index < -0.39 is 270 Å². The first kappa shape index (κ1) is 83.3. The van der Waals surface area contributed by atoms with Crippen LogP contribution in [0.5, 0.6) is 0 Å². The SMILES string of the molecule is CC1OC(OC2C(CO)OC(OCC3OC(OC(=O)C45CCC(C)(C)CC4C4=CCC6C7(C)CCC(OC8OCC(OC9OC(CO)C(O)C(O)C9O)C(O)C8OC8OC(C)C(O)C(OC9OC(CO)C(O)C(O)C9O)C8O)C(C)(C)C7CCC6(C)C4(C)CC5)C(O)C(O)C3O)C(O)C2O)C(O)C(O)C1O. The van der Waals surface area contributed by atoms with Crippen LogP contribution in [0.1, 0.15) is 127 Å². The lowest BCUT2D eigenvalue weighted by Crippen LogP contribution is -2.67. The molecule has 20 N–H and O–H groups in total. The molecule has 0 aromatic carbocycles. The Morgan fingerprint density at radius 3 is 1.56 bits per heavy atom. The van der Waals surface area contributed by atoms with E-state index in [4.69, 9.17) is 66.3 Å². The summed E-state index contributed by atoms with van der Waals surface area (Å²) >= 11 is 0. The number of fused-ring (bicyclic) bond motifs is 7. The van der Waals surface area contributed by atoms with Crippen molar-refractivity contribution in [2.75, 3.05) is 33.0 Å². The van der Waals surface area contributed by atoms with Gasteiger partial charge < -0.3 is 168 Å². The summed E-state index contributed by atoms with van der Waals surface area (Å²) in [6, 6.07) is 0. The summed E-state index contributed by atoms with van der Waals surface area (Å²) in [5.41, 5.74) is -1.95. The van der Waals surface area contributed by atoms with Gasteiger partial charge in [-0.1, -0.05) is 60.1 Å². The minimum absolute atomic E-state index is 0.000454. The number of esters is 1.